The van der Waals surface area contributed by atoms with Crippen molar-refractivity contribution in [1.29, 1.82) is 0 Å². The van der Waals surface area contributed by atoms with Crippen LogP contribution in [0.25, 0.3) is 0 Å². The summed E-state index contributed by atoms with van der Waals surface area (Å²) < 4.78 is 0. The van der Waals surface area contributed by atoms with Gasteiger partial charge in [0.25, 0.3) is 0 Å². The lowest BCUT2D eigenvalue weighted by Crippen LogP contribution is -2.60. The Morgan fingerprint density at radius 1 is 1.31 bits per heavy atom. The zero-order valence-corrected chi connectivity index (χ0v) is 8.92. The minimum Gasteiger partial charge on any atom is -0.325 e. The lowest BCUT2D eigenvalue weighted by atomic mass is 9.74. The molecule has 0 radical (unpaired) electrons. The molecule has 0 bridgehead atoms. The van der Waals surface area contributed by atoms with Crippen LogP contribution in [0.5, 0.6) is 0 Å². The Labute approximate surface area is 81.5 Å². The van der Waals surface area contributed by atoms with Gasteiger partial charge in [-0.25, -0.2) is 0 Å². The highest BCUT2D eigenvalue weighted by atomic mass is 15.2. The van der Waals surface area contributed by atoms with Gasteiger partial charge in [0.05, 0.1) is 0 Å². The van der Waals surface area contributed by atoms with Gasteiger partial charge in [0, 0.05) is 25.2 Å². The summed E-state index contributed by atoms with van der Waals surface area (Å²) in [5, 5.41) is 0. The standard InChI is InChI=1S/C11H22N2/c1-11(2)5-3-4-10(6-11)13-7-9(12)8-13/h9-10H,3-8,12H2,1-2H3. The highest BCUT2D eigenvalue weighted by molar-refractivity contribution is 4.92. The number of rotatable bonds is 1. The molecule has 1 saturated carbocycles. The van der Waals surface area contributed by atoms with E-state index in [1.54, 1.807) is 0 Å². The van der Waals surface area contributed by atoms with Gasteiger partial charge in [-0.2, -0.15) is 0 Å². The number of hydrogen-bond donors (Lipinski definition) is 1. The summed E-state index contributed by atoms with van der Waals surface area (Å²) in [5.41, 5.74) is 6.37. The fourth-order valence-electron chi connectivity index (χ4n) is 2.82. The molecule has 1 aliphatic heterocycles. The summed E-state index contributed by atoms with van der Waals surface area (Å²) >= 11 is 0. The van der Waals surface area contributed by atoms with E-state index >= 15 is 0 Å². The Morgan fingerprint density at radius 2 is 2.00 bits per heavy atom. The predicted octanol–water partition coefficient (Wildman–Crippen LogP) is 1.60. The van der Waals surface area contributed by atoms with E-state index < -0.39 is 0 Å². The van der Waals surface area contributed by atoms with Crippen LogP contribution in [-0.2, 0) is 0 Å². The summed E-state index contributed by atoms with van der Waals surface area (Å²) in [4.78, 5) is 2.57. The van der Waals surface area contributed by atoms with Crippen LogP contribution in [0.15, 0.2) is 0 Å². The number of nitrogens with two attached hydrogens (primary N) is 1. The minimum atomic E-state index is 0.463. The molecule has 0 aromatic rings. The van der Waals surface area contributed by atoms with Gasteiger partial charge in [0.1, 0.15) is 0 Å². The largest absolute Gasteiger partial charge is 0.325 e. The lowest BCUT2D eigenvalue weighted by Gasteiger charge is -2.47. The fourth-order valence-corrected chi connectivity index (χ4v) is 2.82. The first-order valence-electron chi connectivity index (χ1n) is 5.56. The van der Waals surface area contributed by atoms with Crippen LogP contribution in [0, 0.1) is 5.41 Å². The molecule has 2 nitrogen and oxygen atoms in total. The first-order valence-corrected chi connectivity index (χ1v) is 5.56. The third-order valence-corrected chi connectivity index (χ3v) is 3.63. The maximum atomic E-state index is 5.80. The first-order chi connectivity index (χ1) is 6.07. The van der Waals surface area contributed by atoms with E-state index in [1.807, 2.05) is 0 Å². The molecule has 0 amide bonds. The molecule has 2 N–H and O–H groups in total. The zero-order valence-electron chi connectivity index (χ0n) is 8.92. The predicted molar refractivity (Wildman–Crippen MR) is 55.6 cm³/mol. The molecule has 2 rings (SSSR count). The molecule has 1 atom stereocenters. The lowest BCUT2D eigenvalue weighted by molar-refractivity contribution is 0.0368. The molecule has 13 heavy (non-hydrogen) atoms. The zero-order chi connectivity index (χ0) is 9.47. The molecule has 0 aromatic heterocycles. The van der Waals surface area contributed by atoms with E-state index in [1.165, 1.54) is 25.7 Å². The van der Waals surface area contributed by atoms with Crippen LogP contribution in [0.1, 0.15) is 39.5 Å². The van der Waals surface area contributed by atoms with Crippen LogP contribution in [0.2, 0.25) is 0 Å². The van der Waals surface area contributed by atoms with Crippen molar-refractivity contribution in [2.75, 3.05) is 13.1 Å². The molecule has 0 spiro atoms. The van der Waals surface area contributed by atoms with Crippen molar-refractivity contribution in [3.8, 4) is 0 Å². The molecule has 1 aliphatic carbocycles. The van der Waals surface area contributed by atoms with Gasteiger partial charge < -0.3 is 5.73 Å². The second-order valence-electron chi connectivity index (χ2n) is 5.63. The monoisotopic (exact) mass is 182 g/mol. The van der Waals surface area contributed by atoms with Crippen molar-refractivity contribution in [3.63, 3.8) is 0 Å². The summed E-state index contributed by atoms with van der Waals surface area (Å²) in [6.45, 7) is 7.08. The molecular weight excluding hydrogens is 160 g/mol. The Hall–Kier alpha value is -0.0800. The van der Waals surface area contributed by atoms with Crippen molar-refractivity contribution in [3.05, 3.63) is 0 Å². The highest BCUT2D eigenvalue weighted by Crippen LogP contribution is 2.38. The van der Waals surface area contributed by atoms with E-state index in [4.69, 9.17) is 5.73 Å². The SMILES string of the molecule is CC1(C)CCCC(N2CC(N)C2)C1. The molecule has 1 saturated heterocycles. The number of nitrogens with zero attached hydrogens (tertiary/aromatic N) is 1. The van der Waals surface area contributed by atoms with Gasteiger partial charge in [-0.15, -0.1) is 0 Å². The fraction of sp³-hybridized carbons (Fsp3) is 1.00. The topological polar surface area (TPSA) is 29.3 Å². The van der Waals surface area contributed by atoms with Crippen LogP contribution < -0.4 is 5.73 Å². The second-order valence-corrected chi connectivity index (χ2v) is 5.63. The van der Waals surface area contributed by atoms with Gasteiger partial charge in [0.2, 0.25) is 0 Å². The van der Waals surface area contributed by atoms with Crippen LogP contribution in [-0.4, -0.2) is 30.1 Å². The Bertz CT molecular complexity index is 183. The molecule has 2 heteroatoms. The van der Waals surface area contributed by atoms with Gasteiger partial charge >= 0.3 is 0 Å². The van der Waals surface area contributed by atoms with Crippen molar-refractivity contribution in [1.82, 2.24) is 4.90 Å². The third kappa shape index (κ3) is 2.05. The average Bonchev–Trinajstić information content (AvgIpc) is 1.97. The maximum absolute atomic E-state index is 5.80. The molecule has 0 aromatic carbocycles. The van der Waals surface area contributed by atoms with Crippen molar-refractivity contribution in [2.24, 2.45) is 11.1 Å². The van der Waals surface area contributed by atoms with E-state index in [-0.39, 0.29) is 0 Å². The van der Waals surface area contributed by atoms with Gasteiger partial charge in [-0.05, 0) is 24.7 Å². The molecule has 76 valence electrons. The Morgan fingerprint density at radius 3 is 2.54 bits per heavy atom. The van der Waals surface area contributed by atoms with Crippen molar-refractivity contribution in [2.45, 2.75) is 51.6 Å². The van der Waals surface area contributed by atoms with Gasteiger partial charge in [-0.3, -0.25) is 4.90 Å². The highest BCUT2D eigenvalue weighted by Gasteiger charge is 2.35. The number of hydrogen-bond acceptors (Lipinski definition) is 2. The van der Waals surface area contributed by atoms with Crippen LogP contribution >= 0.6 is 0 Å². The summed E-state index contributed by atoms with van der Waals surface area (Å²) in [6.07, 6.45) is 5.59. The maximum Gasteiger partial charge on any atom is 0.0297 e. The number of likely N-dealkylation sites (tertiary alicyclic amines) is 1. The smallest absolute Gasteiger partial charge is 0.0297 e. The van der Waals surface area contributed by atoms with Crippen LogP contribution in [0.4, 0.5) is 0 Å². The van der Waals surface area contributed by atoms with Crippen LogP contribution in [0.3, 0.4) is 0 Å². The van der Waals surface area contributed by atoms with E-state index in [0.717, 1.165) is 19.1 Å². The second kappa shape index (κ2) is 3.25. The van der Waals surface area contributed by atoms with Gasteiger partial charge in [0.15, 0.2) is 0 Å². The molecule has 2 aliphatic rings. The summed E-state index contributed by atoms with van der Waals surface area (Å²) in [6, 6.07) is 1.30. The minimum absolute atomic E-state index is 0.463. The molecule has 2 fully saturated rings. The Balaban J connectivity index is 1.86. The van der Waals surface area contributed by atoms with Gasteiger partial charge in [-0.1, -0.05) is 20.3 Å². The normalized spacial score (nSPS) is 35.8. The van der Waals surface area contributed by atoms with E-state index in [9.17, 15) is 0 Å². The first kappa shape index (κ1) is 9.47. The molecule has 1 heterocycles. The summed E-state index contributed by atoms with van der Waals surface area (Å²) in [7, 11) is 0. The molecule has 1 unspecified atom stereocenters. The van der Waals surface area contributed by atoms with E-state index in [0.29, 0.717) is 11.5 Å². The van der Waals surface area contributed by atoms with Crippen molar-refractivity contribution < 1.29 is 0 Å². The van der Waals surface area contributed by atoms with E-state index in [2.05, 4.69) is 18.7 Å². The van der Waals surface area contributed by atoms with Crippen molar-refractivity contribution >= 4 is 0 Å². The third-order valence-electron chi connectivity index (χ3n) is 3.63. The Kier molecular flexibility index (Phi) is 2.37. The average molecular weight is 182 g/mol. The quantitative estimate of drug-likeness (QED) is 0.667. The summed E-state index contributed by atoms with van der Waals surface area (Å²) in [5.74, 6) is 0. The molecular formula is C11H22N2.